The van der Waals surface area contributed by atoms with Gasteiger partial charge in [0.1, 0.15) is 21.7 Å². The minimum atomic E-state index is -3.10. The number of nitrogens with zero attached hydrogens (tertiary/aromatic N) is 3. The molecule has 1 saturated heterocycles. The molecule has 0 bridgehead atoms. The fourth-order valence-corrected chi connectivity index (χ4v) is 6.69. The molecule has 0 aliphatic carbocycles. The van der Waals surface area contributed by atoms with Gasteiger partial charge in [-0.3, -0.25) is 13.9 Å². The van der Waals surface area contributed by atoms with Crippen molar-refractivity contribution >= 4 is 26.7 Å². The molecule has 8 nitrogen and oxygen atoms in total. The summed E-state index contributed by atoms with van der Waals surface area (Å²) in [6.45, 7) is 2.37. The van der Waals surface area contributed by atoms with Crippen LogP contribution in [-0.4, -0.2) is 41.5 Å². The highest BCUT2D eigenvalue weighted by Gasteiger charge is 2.36. The zero-order chi connectivity index (χ0) is 27.1. The third kappa shape index (κ3) is 5.16. The second-order valence-corrected chi connectivity index (χ2v) is 12.3. The van der Waals surface area contributed by atoms with E-state index in [-0.39, 0.29) is 57.8 Å². The number of halogens is 2. The van der Waals surface area contributed by atoms with Crippen molar-refractivity contribution in [2.45, 2.75) is 52.7 Å². The number of ketones is 1. The molecular weight excluding hydrogens is 504 g/mol. The molecular formula is C26H27F2N3O5S. The summed E-state index contributed by atoms with van der Waals surface area (Å²) in [5, 5.41) is 10.1. The van der Waals surface area contributed by atoms with Crippen molar-refractivity contribution in [2.75, 3.05) is 11.5 Å². The fourth-order valence-electron chi connectivity index (χ4n) is 4.87. The van der Waals surface area contributed by atoms with Crippen LogP contribution in [0.2, 0.25) is 0 Å². The number of ether oxygens (including phenoxy) is 1. The second kappa shape index (κ2) is 9.74. The SMILES string of the molecule is CC(C)n1c(=O)n(-c2cccc(OC(F)F)c2)c2ccc(C(=O)CC3(C)CCS(=O)(=O)CC3)c(C#N)c21. The van der Waals surface area contributed by atoms with Crippen molar-refractivity contribution in [3.05, 3.63) is 58.0 Å². The molecule has 1 aliphatic heterocycles. The first-order valence-corrected chi connectivity index (χ1v) is 13.7. The molecule has 0 amide bonds. The third-order valence-electron chi connectivity index (χ3n) is 6.89. The molecule has 2 aromatic carbocycles. The Kier molecular flexibility index (Phi) is 6.99. The standard InChI is InChI=1S/C26H27F2N3O5S/c1-16(2)30-23-20(15-29)19(22(32)14-26(3)9-11-37(34,35)12-10-26)7-8-21(23)31(25(30)33)17-5-4-6-18(13-17)36-24(27)28/h4-8,13,16,24H,9-12,14H2,1-3H3. The van der Waals surface area contributed by atoms with Crippen LogP contribution in [0.3, 0.4) is 0 Å². The number of aromatic nitrogens is 2. The van der Waals surface area contributed by atoms with Crippen molar-refractivity contribution in [3.63, 3.8) is 0 Å². The quantitative estimate of drug-likeness (QED) is 0.411. The summed E-state index contributed by atoms with van der Waals surface area (Å²) in [6.07, 6.45) is 0.785. The summed E-state index contributed by atoms with van der Waals surface area (Å²) < 4.78 is 56.4. The molecule has 196 valence electrons. The average Bonchev–Trinajstić information content (AvgIpc) is 3.12. The molecule has 3 aromatic rings. The first-order chi connectivity index (χ1) is 17.4. The highest BCUT2D eigenvalue weighted by Crippen LogP contribution is 2.37. The lowest BCUT2D eigenvalue weighted by Gasteiger charge is -2.32. The minimum Gasteiger partial charge on any atom is -0.435 e. The number of rotatable bonds is 7. The van der Waals surface area contributed by atoms with Crippen molar-refractivity contribution in [1.82, 2.24) is 9.13 Å². The van der Waals surface area contributed by atoms with Gasteiger partial charge in [-0.2, -0.15) is 14.0 Å². The van der Waals surface area contributed by atoms with E-state index in [0.29, 0.717) is 18.4 Å². The van der Waals surface area contributed by atoms with Gasteiger partial charge in [0.25, 0.3) is 0 Å². The Hall–Kier alpha value is -3.52. The summed E-state index contributed by atoms with van der Waals surface area (Å²) in [7, 11) is -3.10. The van der Waals surface area contributed by atoms with E-state index in [0.717, 1.165) is 0 Å². The smallest absolute Gasteiger partial charge is 0.387 e. The van der Waals surface area contributed by atoms with E-state index in [1.165, 1.54) is 33.4 Å². The number of hydrogen-bond acceptors (Lipinski definition) is 6. The van der Waals surface area contributed by atoms with Crippen LogP contribution in [0, 0.1) is 16.7 Å². The van der Waals surface area contributed by atoms with E-state index >= 15 is 0 Å². The highest BCUT2D eigenvalue weighted by atomic mass is 32.2. The summed E-state index contributed by atoms with van der Waals surface area (Å²) >= 11 is 0. The van der Waals surface area contributed by atoms with Gasteiger partial charge in [0.2, 0.25) is 0 Å². The fraction of sp³-hybridized carbons (Fsp3) is 0.423. The number of hydrogen-bond donors (Lipinski definition) is 0. The molecule has 0 radical (unpaired) electrons. The lowest BCUT2D eigenvalue weighted by molar-refractivity contribution is -0.0498. The molecule has 1 fully saturated rings. The minimum absolute atomic E-state index is 0.0189. The van der Waals surface area contributed by atoms with Crippen LogP contribution >= 0.6 is 0 Å². The molecule has 11 heteroatoms. The monoisotopic (exact) mass is 531 g/mol. The first kappa shape index (κ1) is 26.5. The van der Waals surface area contributed by atoms with E-state index in [1.807, 2.05) is 6.92 Å². The van der Waals surface area contributed by atoms with Crippen LogP contribution in [0.1, 0.15) is 62.0 Å². The average molecular weight is 532 g/mol. The summed E-state index contributed by atoms with van der Waals surface area (Å²) in [5.41, 5.74) is 0.0703. The predicted octanol–water partition coefficient (Wildman–Crippen LogP) is 4.63. The number of fused-ring (bicyclic) bond motifs is 1. The molecule has 0 unspecified atom stereocenters. The van der Waals surface area contributed by atoms with Crippen LogP contribution in [0.25, 0.3) is 16.7 Å². The Morgan fingerprint density at radius 2 is 1.86 bits per heavy atom. The van der Waals surface area contributed by atoms with Crippen LogP contribution in [-0.2, 0) is 9.84 Å². The van der Waals surface area contributed by atoms with Gasteiger partial charge in [-0.25, -0.2) is 13.2 Å². The number of nitriles is 1. The van der Waals surface area contributed by atoms with Gasteiger partial charge in [-0.05, 0) is 56.4 Å². The molecule has 2 heterocycles. The Balaban J connectivity index is 1.85. The van der Waals surface area contributed by atoms with Crippen LogP contribution in [0.15, 0.2) is 41.2 Å². The maximum absolute atomic E-state index is 13.5. The van der Waals surface area contributed by atoms with Crippen molar-refractivity contribution in [2.24, 2.45) is 5.41 Å². The molecule has 1 aromatic heterocycles. The third-order valence-corrected chi connectivity index (χ3v) is 8.54. The van der Waals surface area contributed by atoms with E-state index in [1.54, 1.807) is 26.0 Å². The predicted molar refractivity (Wildman–Crippen MR) is 134 cm³/mol. The summed E-state index contributed by atoms with van der Waals surface area (Å²) in [6, 6.07) is 10.5. The van der Waals surface area contributed by atoms with E-state index < -0.39 is 27.6 Å². The normalized spacial score (nSPS) is 16.7. The zero-order valence-corrected chi connectivity index (χ0v) is 21.5. The van der Waals surface area contributed by atoms with E-state index in [2.05, 4.69) is 10.8 Å². The zero-order valence-electron chi connectivity index (χ0n) is 20.7. The number of benzene rings is 2. The molecule has 37 heavy (non-hydrogen) atoms. The number of imidazole rings is 1. The van der Waals surface area contributed by atoms with Gasteiger partial charge in [-0.15, -0.1) is 0 Å². The Labute approximate surface area is 213 Å². The first-order valence-electron chi connectivity index (χ1n) is 11.8. The van der Waals surface area contributed by atoms with Crippen molar-refractivity contribution in [3.8, 4) is 17.5 Å². The van der Waals surface area contributed by atoms with Gasteiger partial charge >= 0.3 is 12.3 Å². The number of carbonyl (C=O) groups is 1. The van der Waals surface area contributed by atoms with E-state index in [9.17, 15) is 32.0 Å². The number of Topliss-reactive ketones (excluding diaryl/α,β-unsaturated/α-hetero) is 1. The van der Waals surface area contributed by atoms with Gasteiger partial charge in [-0.1, -0.05) is 13.0 Å². The van der Waals surface area contributed by atoms with Gasteiger partial charge < -0.3 is 4.74 Å². The lowest BCUT2D eigenvalue weighted by atomic mass is 9.78. The number of sulfone groups is 1. The second-order valence-electron chi connectivity index (χ2n) is 9.99. The molecule has 0 saturated carbocycles. The Morgan fingerprint density at radius 3 is 2.46 bits per heavy atom. The summed E-state index contributed by atoms with van der Waals surface area (Å²) in [5.74, 6) is -0.390. The van der Waals surface area contributed by atoms with Crippen LogP contribution in [0.4, 0.5) is 8.78 Å². The Morgan fingerprint density at radius 1 is 1.19 bits per heavy atom. The molecule has 0 atom stereocenters. The van der Waals surface area contributed by atoms with Crippen LogP contribution in [0.5, 0.6) is 5.75 Å². The van der Waals surface area contributed by atoms with E-state index in [4.69, 9.17) is 0 Å². The topological polar surface area (TPSA) is 111 Å². The molecule has 1 aliphatic rings. The lowest BCUT2D eigenvalue weighted by Crippen LogP contribution is -2.33. The maximum atomic E-state index is 13.5. The largest absolute Gasteiger partial charge is 0.435 e. The number of carbonyl (C=O) groups excluding carboxylic acids is 1. The summed E-state index contributed by atoms with van der Waals surface area (Å²) in [4.78, 5) is 26.9. The van der Waals surface area contributed by atoms with Gasteiger partial charge in [0.15, 0.2) is 5.78 Å². The van der Waals surface area contributed by atoms with Gasteiger partial charge in [0.05, 0.1) is 33.8 Å². The van der Waals surface area contributed by atoms with Gasteiger partial charge in [0, 0.05) is 24.1 Å². The number of alkyl halides is 2. The molecule has 4 rings (SSSR count). The maximum Gasteiger partial charge on any atom is 0.387 e. The molecule has 0 N–H and O–H groups in total. The van der Waals surface area contributed by atoms with Crippen molar-refractivity contribution in [1.29, 1.82) is 5.26 Å². The van der Waals surface area contributed by atoms with Crippen LogP contribution < -0.4 is 10.4 Å². The Bertz CT molecular complexity index is 1570. The molecule has 0 spiro atoms. The van der Waals surface area contributed by atoms with Crippen molar-refractivity contribution < 1.29 is 26.7 Å². The highest BCUT2D eigenvalue weighted by molar-refractivity contribution is 7.91.